The van der Waals surface area contributed by atoms with Gasteiger partial charge in [0, 0.05) is 6.42 Å². The van der Waals surface area contributed by atoms with Gasteiger partial charge in [0.2, 0.25) is 0 Å². The molecule has 1 N–H and O–H groups in total. The molecule has 0 aromatic heterocycles. The molecule has 0 saturated carbocycles. The number of ether oxygens (including phenoxy) is 2. The summed E-state index contributed by atoms with van der Waals surface area (Å²) in [5.41, 5.74) is 6.75. The maximum absolute atomic E-state index is 10.9. The number of hydrogen-bond acceptors (Lipinski definition) is 3. The first kappa shape index (κ1) is 22.2. The average molecular weight is 417 g/mol. The molecule has 0 fully saturated rings. The predicted molar refractivity (Wildman–Crippen MR) is 125 cm³/mol. The van der Waals surface area contributed by atoms with Crippen LogP contribution in [-0.2, 0) is 11.2 Å². The van der Waals surface area contributed by atoms with Crippen LogP contribution in [-0.4, -0.2) is 25.3 Å². The molecule has 160 valence electrons. The smallest absolute Gasteiger partial charge is 0.303 e. The van der Waals surface area contributed by atoms with Crippen molar-refractivity contribution in [3.63, 3.8) is 0 Å². The minimum absolute atomic E-state index is 0.138. The second-order valence-corrected chi connectivity index (χ2v) is 7.25. The second kappa shape index (κ2) is 10.5. The van der Waals surface area contributed by atoms with Gasteiger partial charge in [0.1, 0.15) is 11.5 Å². The molecule has 4 nitrogen and oxygen atoms in total. The predicted octanol–water partition coefficient (Wildman–Crippen LogP) is 6.09. The molecule has 0 amide bonds. The maximum atomic E-state index is 10.9. The van der Waals surface area contributed by atoms with Crippen LogP contribution in [0.15, 0.2) is 72.8 Å². The third-order valence-electron chi connectivity index (χ3n) is 5.34. The van der Waals surface area contributed by atoms with Gasteiger partial charge in [-0.25, -0.2) is 0 Å². The van der Waals surface area contributed by atoms with E-state index in [2.05, 4.69) is 43.3 Å². The molecule has 3 aromatic rings. The molecular formula is C27H28O4. The van der Waals surface area contributed by atoms with Gasteiger partial charge in [0.05, 0.1) is 14.2 Å². The molecule has 0 bridgehead atoms. The quantitative estimate of drug-likeness (QED) is 0.429. The molecular weight excluding hydrogens is 388 g/mol. The van der Waals surface area contributed by atoms with Gasteiger partial charge >= 0.3 is 5.97 Å². The van der Waals surface area contributed by atoms with Crippen molar-refractivity contribution in [3.8, 4) is 11.5 Å². The van der Waals surface area contributed by atoms with Gasteiger partial charge in [0.25, 0.3) is 0 Å². The zero-order valence-corrected chi connectivity index (χ0v) is 18.2. The van der Waals surface area contributed by atoms with Crippen molar-refractivity contribution in [3.05, 3.63) is 95.1 Å². The highest BCUT2D eigenvalue weighted by molar-refractivity contribution is 5.98. The van der Waals surface area contributed by atoms with E-state index >= 15 is 0 Å². The van der Waals surface area contributed by atoms with Crippen LogP contribution in [0, 0.1) is 0 Å². The highest BCUT2D eigenvalue weighted by Gasteiger charge is 2.14. The van der Waals surface area contributed by atoms with Gasteiger partial charge in [-0.1, -0.05) is 55.5 Å². The molecule has 3 aromatic carbocycles. The van der Waals surface area contributed by atoms with Gasteiger partial charge in [-0.2, -0.15) is 0 Å². The van der Waals surface area contributed by atoms with Crippen molar-refractivity contribution < 1.29 is 19.4 Å². The van der Waals surface area contributed by atoms with Gasteiger partial charge < -0.3 is 14.6 Å². The van der Waals surface area contributed by atoms with Crippen molar-refractivity contribution in [2.75, 3.05) is 14.2 Å². The van der Waals surface area contributed by atoms with Gasteiger partial charge in [-0.3, -0.25) is 4.79 Å². The topological polar surface area (TPSA) is 55.8 Å². The number of carbonyl (C=O) groups is 1. The Bertz CT molecular complexity index is 981. The molecule has 31 heavy (non-hydrogen) atoms. The van der Waals surface area contributed by atoms with E-state index in [0.717, 1.165) is 45.7 Å². The van der Waals surface area contributed by atoms with Gasteiger partial charge in [-0.15, -0.1) is 0 Å². The third kappa shape index (κ3) is 5.54. The van der Waals surface area contributed by atoms with E-state index in [4.69, 9.17) is 14.6 Å². The van der Waals surface area contributed by atoms with E-state index < -0.39 is 5.97 Å². The summed E-state index contributed by atoms with van der Waals surface area (Å²) >= 11 is 0. The summed E-state index contributed by atoms with van der Waals surface area (Å²) in [6.07, 6.45) is 1.52. The fourth-order valence-electron chi connectivity index (χ4n) is 3.68. The highest BCUT2D eigenvalue weighted by atomic mass is 16.5. The van der Waals surface area contributed by atoms with Gasteiger partial charge in [-0.05, 0) is 70.5 Å². The number of carboxylic acids is 1. The SMILES string of the molecule is CCC(=C(c1ccc(OC)cc1)c1ccc(OC)cc1)c1ccc(CCC(=O)O)cc1. The van der Waals surface area contributed by atoms with E-state index in [0.29, 0.717) is 6.42 Å². The molecule has 0 spiro atoms. The van der Waals surface area contributed by atoms with Crippen molar-refractivity contribution in [1.29, 1.82) is 0 Å². The monoisotopic (exact) mass is 416 g/mol. The molecule has 0 unspecified atom stereocenters. The number of hydrogen-bond donors (Lipinski definition) is 1. The van der Waals surface area contributed by atoms with Crippen LogP contribution in [0.3, 0.4) is 0 Å². The fraction of sp³-hybridized carbons (Fsp3) is 0.222. The summed E-state index contributed by atoms with van der Waals surface area (Å²) in [4.78, 5) is 10.9. The fourth-order valence-corrected chi connectivity index (χ4v) is 3.68. The Morgan fingerprint density at radius 2 is 1.19 bits per heavy atom. The zero-order valence-electron chi connectivity index (χ0n) is 18.2. The van der Waals surface area contributed by atoms with Crippen molar-refractivity contribution >= 4 is 17.1 Å². The summed E-state index contributed by atoms with van der Waals surface area (Å²) in [7, 11) is 3.33. The van der Waals surface area contributed by atoms with E-state index in [9.17, 15) is 4.79 Å². The lowest BCUT2D eigenvalue weighted by Crippen LogP contribution is -1.98. The number of benzene rings is 3. The Labute approximate surface area is 183 Å². The largest absolute Gasteiger partial charge is 0.497 e. The molecule has 0 saturated heterocycles. The summed E-state index contributed by atoms with van der Waals surface area (Å²) in [6, 6.07) is 24.4. The van der Waals surface area contributed by atoms with Crippen LogP contribution in [0.1, 0.15) is 42.0 Å². The minimum atomic E-state index is -0.778. The number of rotatable bonds is 9. The lowest BCUT2D eigenvalue weighted by atomic mass is 9.88. The summed E-state index contributed by atoms with van der Waals surface area (Å²) in [5.74, 6) is 0.858. The standard InChI is InChI=1S/C27H28O4/c1-4-25(20-8-5-19(6-9-20)7-18-26(28)29)27(21-10-14-23(30-2)15-11-21)22-12-16-24(31-3)17-13-22/h5-6,8-17H,4,7,18H2,1-3H3,(H,28,29). The van der Waals surface area contributed by atoms with Crippen LogP contribution in [0.25, 0.3) is 11.1 Å². The Balaban J connectivity index is 2.09. The van der Waals surface area contributed by atoms with Crippen molar-refractivity contribution in [1.82, 2.24) is 0 Å². The molecule has 0 aliphatic rings. The molecule has 0 radical (unpaired) electrons. The number of methoxy groups -OCH3 is 2. The summed E-state index contributed by atoms with van der Waals surface area (Å²) in [5, 5.41) is 8.93. The molecule has 0 heterocycles. The first-order valence-electron chi connectivity index (χ1n) is 10.4. The Morgan fingerprint density at radius 3 is 1.58 bits per heavy atom. The summed E-state index contributed by atoms with van der Waals surface area (Å²) < 4.78 is 10.7. The van der Waals surface area contributed by atoms with Crippen LogP contribution < -0.4 is 9.47 Å². The first-order chi connectivity index (χ1) is 15.0. The Morgan fingerprint density at radius 1 is 0.742 bits per heavy atom. The van der Waals surface area contributed by atoms with Crippen molar-refractivity contribution in [2.24, 2.45) is 0 Å². The zero-order chi connectivity index (χ0) is 22.2. The van der Waals surface area contributed by atoms with Crippen LogP contribution in [0.5, 0.6) is 11.5 Å². The van der Waals surface area contributed by atoms with Crippen LogP contribution in [0.4, 0.5) is 0 Å². The van der Waals surface area contributed by atoms with E-state index in [-0.39, 0.29) is 6.42 Å². The third-order valence-corrected chi connectivity index (χ3v) is 5.34. The molecule has 4 heteroatoms. The summed E-state index contributed by atoms with van der Waals surface area (Å²) in [6.45, 7) is 2.15. The number of allylic oxidation sites excluding steroid dienone is 1. The molecule has 3 rings (SSSR count). The van der Waals surface area contributed by atoms with E-state index in [1.807, 2.05) is 36.4 Å². The molecule has 0 aliphatic heterocycles. The van der Waals surface area contributed by atoms with Crippen LogP contribution >= 0.6 is 0 Å². The Kier molecular flexibility index (Phi) is 7.50. The average Bonchev–Trinajstić information content (AvgIpc) is 2.82. The molecule has 0 atom stereocenters. The second-order valence-electron chi connectivity index (χ2n) is 7.25. The normalized spacial score (nSPS) is 10.4. The lowest BCUT2D eigenvalue weighted by molar-refractivity contribution is -0.136. The lowest BCUT2D eigenvalue weighted by Gasteiger charge is -2.17. The number of carboxylic acid groups (broad SMARTS) is 1. The minimum Gasteiger partial charge on any atom is -0.497 e. The first-order valence-corrected chi connectivity index (χ1v) is 10.4. The van der Waals surface area contributed by atoms with Crippen molar-refractivity contribution in [2.45, 2.75) is 26.2 Å². The number of aliphatic carboxylic acids is 1. The Hall–Kier alpha value is -3.53. The highest BCUT2D eigenvalue weighted by Crippen LogP contribution is 2.35. The van der Waals surface area contributed by atoms with Gasteiger partial charge in [0.15, 0.2) is 0 Å². The van der Waals surface area contributed by atoms with E-state index in [1.54, 1.807) is 14.2 Å². The van der Waals surface area contributed by atoms with Crippen LogP contribution in [0.2, 0.25) is 0 Å². The van der Waals surface area contributed by atoms with E-state index in [1.165, 1.54) is 5.57 Å². The maximum Gasteiger partial charge on any atom is 0.303 e. The molecule has 0 aliphatic carbocycles. The number of aryl methyl sites for hydroxylation is 1.